The Bertz CT molecular complexity index is 428. The molecule has 0 bridgehead atoms. The highest BCUT2D eigenvalue weighted by atomic mass is 79.9. The first-order chi connectivity index (χ1) is 9.06. The van der Waals surface area contributed by atoms with Crippen molar-refractivity contribution in [3.05, 3.63) is 28.5 Å². The lowest BCUT2D eigenvalue weighted by Gasteiger charge is -2.35. The Balaban J connectivity index is 1.86. The molecule has 2 rings (SSSR count). The lowest BCUT2D eigenvalue weighted by Crippen LogP contribution is -2.48. The molecule has 1 aromatic rings. The fraction of sp³-hybridized carbons (Fsp3) is 0.571. The molecule has 1 atom stereocenters. The van der Waals surface area contributed by atoms with E-state index in [1.165, 1.54) is 6.07 Å². The molecule has 3 nitrogen and oxygen atoms in total. The summed E-state index contributed by atoms with van der Waals surface area (Å²) in [6.07, 6.45) is 0.181. The standard InChI is InChI=1S/C14H20BrFN2O/c1-10(2)18-5-6-19-12(9-18)8-17-11-3-4-14(16)13(15)7-11/h3-4,7,10,12,17H,5-6,8-9H2,1-2H3. The van der Waals surface area contributed by atoms with E-state index in [1.807, 2.05) is 0 Å². The van der Waals surface area contributed by atoms with Gasteiger partial charge in [0, 0.05) is 31.4 Å². The lowest BCUT2D eigenvalue weighted by molar-refractivity contribution is -0.0315. The fourth-order valence-electron chi connectivity index (χ4n) is 2.17. The molecule has 1 saturated heterocycles. The van der Waals surface area contributed by atoms with Gasteiger partial charge in [-0.2, -0.15) is 0 Å². The first-order valence-corrected chi connectivity index (χ1v) is 7.40. The molecule has 0 amide bonds. The summed E-state index contributed by atoms with van der Waals surface area (Å²) in [7, 11) is 0. The van der Waals surface area contributed by atoms with Crippen LogP contribution < -0.4 is 5.32 Å². The predicted octanol–water partition coefficient (Wildman–Crippen LogP) is 3.11. The molecule has 1 aliphatic heterocycles. The van der Waals surface area contributed by atoms with E-state index in [9.17, 15) is 4.39 Å². The molecule has 1 aliphatic rings. The average molecular weight is 331 g/mol. The van der Waals surface area contributed by atoms with Crippen molar-refractivity contribution in [1.29, 1.82) is 0 Å². The fourth-order valence-corrected chi connectivity index (χ4v) is 2.55. The van der Waals surface area contributed by atoms with Gasteiger partial charge in [0.15, 0.2) is 0 Å². The van der Waals surface area contributed by atoms with E-state index in [2.05, 4.69) is 40.0 Å². The predicted molar refractivity (Wildman–Crippen MR) is 79.0 cm³/mol. The van der Waals surface area contributed by atoms with Gasteiger partial charge in [-0.15, -0.1) is 0 Å². The van der Waals surface area contributed by atoms with Gasteiger partial charge < -0.3 is 10.1 Å². The normalized spacial score (nSPS) is 20.8. The van der Waals surface area contributed by atoms with Gasteiger partial charge >= 0.3 is 0 Å². The van der Waals surface area contributed by atoms with E-state index in [-0.39, 0.29) is 11.9 Å². The van der Waals surface area contributed by atoms with Crippen LogP contribution in [0.25, 0.3) is 0 Å². The zero-order valence-electron chi connectivity index (χ0n) is 11.3. The van der Waals surface area contributed by atoms with Crippen LogP contribution in [0.4, 0.5) is 10.1 Å². The number of nitrogens with one attached hydrogen (secondary N) is 1. The highest BCUT2D eigenvalue weighted by Gasteiger charge is 2.21. The van der Waals surface area contributed by atoms with Gasteiger partial charge in [-0.3, -0.25) is 4.90 Å². The highest BCUT2D eigenvalue weighted by molar-refractivity contribution is 9.10. The molecular weight excluding hydrogens is 311 g/mol. The SMILES string of the molecule is CC(C)N1CCOC(CNc2ccc(F)c(Br)c2)C1. The van der Waals surface area contributed by atoms with Crippen LogP contribution in [0.3, 0.4) is 0 Å². The van der Waals surface area contributed by atoms with Crippen molar-refractivity contribution in [2.24, 2.45) is 0 Å². The van der Waals surface area contributed by atoms with Crippen molar-refractivity contribution >= 4 is 21.6 Å². The Morgan fingerprint density at radius 2 is 2.32 bits per heavy atom. The minimum Gasteiger partial charge on any atom is -0.382 e. The number of nitrogens with zero attached hydrogens (tertiary/aromatic N) is 1. The number of halogens is 2. The van der Waals surface area contributed by atoms with Crippen molar-refractivity contribution in [2.45, 2.75) is 26.0 Å². The van der Waals surface area contributed by atoms with Crippen molar-refractivity contribution < 1.29 is 9.13 Å². The van der Waals surface area contributed by atoms with Gasteiger partial charge in [-0.25, -0.2) is 4.39 Å². The summed E-state index contributed by atoms with van der Waals surface area (Å²) in [5.74, 6) is -0.245. The maximum Gasteiger partial charge on any atom is 0.137 e. The van der Waals surface area contributed by atoms with Crippen LogP contribution in [0.15, 0.2) is 22.7 Å². The van der Waals surface area contributed by atoms with Crippen LogP contribution in [0, 0.1) is 5.82 Å². The second-order valence-corrected chi connectivity index (χ2v) is 5.95. The van der Waals surface area contributed by atoms with E-state index in [4.69, 9.17) is 4.74 Å². The van der Waals surface area contributed by atoms with Gasteiger partial charge in [0.1, 0.15) is 5.82 Å². The van der Waals surface area contributed by atoms with E-state index in [0.717, 1.165) is 31.9 Å². The largest absolute Gasteiger partial charge is 0.382 e. The number of hydrogen-bond acceptors (Lipinski definition) is 3. The summed E-state index contributed by atoms with van der Waals surface area (Å²) < 4.78 is 19.3. The van der Waals surface area contributed by atoms with Crippen molar-refractivity contribution in [1.82, 2.24) is 4.90 Å². The summed E-state index contributed by atoms with van der Waals surface area (Å²) >= 11 is 3.19. The van der Waals surface area contributed by atoms with Gasteiger partial charge in [0.2, 0.25) is 0 Å². The van der Waals surface area contributed by atoms with Crippen molar-refractivity contribution in [2.75, 3.05) is 31.6 Å². The number of ether oxygens (including phenoxy) is 1. The Morgan fingerprint density at radius 1 is 1.53 bits per heavy atom. The summed E-state index contributed by atoms with van der Waals surface area (Å²) in [6, 6.07) is 5.49. The minimum atomic E-state index is -0.245. The van der Waals surface area contributed by atoms with Crippen molar-refractivity contribution in [3.8, 4) is 0 Å². The number of rotatable bonds is 4. The van der Waals surface area contributed by atoms with E-state index >= 15 is 0 Å². The van der Waals surface area contributed by atoms with E-state index in [1.54, 1.807) is 12.1 Å². The smallest absolute Gasteiger partial charge is 0.137 e. The van der Waals surface area contributed by atoms with Crippen LogP contribution in [-0.4, -0.2) is 43.3 Å². The third-order valence-electron chi connectivity index (χ3n) is 3.35. The zero-order chi connectivity index (χ0) is 13.8. The Labute approximate surface area is 122 Å². The molecule has 0 spiro atoms. The number of anilines is 1. The monoisotopic (exact) mass is 330 g/mol. The second kappa shape index (κ2) is 6.68. The maximum absolute atomic E-state index is 13.1. The molecule has 5 heteroatoms. The van der Waals surface area contributed by atoms with Gasteiger partial charge in [0.25, 0.3) is 0 Å². The Hall–Kier alpha value is -0.650. The summed E-state index contributed by atoms with van der Waals surface area (Å²) in [5.41, 5.74) is 0.901. The summed E-state index contributed by atoms with van der Waals surface area (Å²) in [4.78, 5) is 2.41. The van der Waals surface area contributed by atoms with Crippen LogP contribution in [0.1, 0.15) is 13.8 Å². The molecule has 19 heavy (non-hydrogen) atoms. The molecule has 0 aliphatic carbocycles. The first kappa shape index (κ1) is 14.8. The van der Waals surface area contributed by atoms with Crippen LogP contribution in [0.2, 0.25) is 0 Å². The van der Waals surface area contributed by atoms with Gasteiger partial charge in [0.05, 0.1) is 17.2 Å². The zero-order valence-corrected chi connectivity index (χ0v) is 12.9. The van der Waals surface area contributed by atoms with Crippen LogP contribution >= 0.6 is 15.9 Å². The van der Waals surface area contributed by atoms with Crippen LogP contribution in [0.5, 0.6) is 0 Å². The Kier molecular flexibility index (Phi) is 5.19. The molecule has 1 fully saturated rings. The third kappa shape index (κ3) is 4.16. The van der Waals surface area contributed by atoms with E-state index < -0.39 is 0 Å². The molecule has 1 aromatic carbocycles. The first-order valence-electron chi connectivity index (χ1n) is 6.61. The van der Waals surface area contributed by atoms with Crippen molar-refractivity contribution in [3.63, 3.8) is 0 Å². The van der Waals surface area contributed by atoms with Gasteiger partial charge in [-0.1, -0.05) is 0 Å². The average Bonchev–Trinajstić information content (AvgIpc) is 2.40. The quantitative estimate of drug-likeness (QED) is 0.918. The van der Waals surface area contributed by atoms with E-state index in [0.29, 0.717) is 10.5 Å². The molecule has 1 unspecified atom stereocenters. The molecule has 0 saturated carbocycles. The summed E-state index contributed by atoms with van der Waals surface area (Å²) in [5, 5.41) is 3.29. The number of hydrogen-bond donors (Lipinski definition) is 1. The maximum atomic E-state index is 13.1. The molecule has 106 valence electrons. The molecular formula is C14H20BrFN2O. The molecule has 0 aromatic heterocycles. The molecule has 1 heterocycles. The molecule has 0 radical (unpaired) electrons. The van der Waals surface area contributed by atoms with Crippen LogP contribution in [-0.2, 0) is 4.74 Å². The summed E-state index contributed by atoms with van der Waals surface area (Å²) in [6.45, 7) is 7.85. The minimum absolute atomic E-state index is 0.181. The molecule has 1 N–H and O–H groups in total. The lowest BCUT2D eigenvalue weighted by atomic mass is 10.2. The highest BCUT2D eigenvalue weighted by Crippen LogP contribution is 2.20. The van der Waals surface area contributed by atoms with Gasteiger partial charge in [-0.05, 0) is 48.0 Å². The number of morpholine rings is 1. The number of benzene rings is 1. The second-order valence-electron chi connectivity index (χ2n) is 5.09. The third-order valence-corrected chi connectivity index (χ3v) is 3.96. The topological polar surface area (TPSA) is 24.5 Å². The Morgan fingerprint density at radius 3 is 3.00 bits per heavy atom.